The van der Waals surface area contributed by atoms with Gasteiger partial charge in [0.1, 0.15) is 5.82 Å². The molecule has 0 saturated heterocycles. The third-order valence-corrected chi connectivity index (χ3v) is 2.30. The van der Waals surface area contributed by atoms with Gasteiger partial charge in [-0.05, 0) is 24.6 Å². The summed E-state index contributed by atoms with van der Waals surface area (Å²) in [4.78, 5) is 0. The Morgan fingerprint density at radius 2 is 2.27 bits per heavy atom. The largest absolute Gasteiger partial charge is 0.391 e. The number of benzene rings is 1. The van der Waals surface area contributed by atoms with Gasteiger partial charge in [-0.3, -0.25) is 0 Å². The lowest BCUT2D eigenvalue weighted by Gasteiger charge is -2.05. The van der Waals surface area contributed by atoms with Gasteiger partial charge in [0.15, 0.2) is 0 Å². The molecular formula is C11H13N3O. The molecule has 0 bridgehead atoms. The molecule has 0 saturated carbocycles. The maximum atomic E-state index is 9.00. The SMILES string of the molecule is Cc1cccc(-n2ncc(CO)c2N)c1. The number of nitrogens with two attached hydrogens (primary N) is 1. The Bertz CT molecular complexity index is 476. The predicted octanol–water partition coefficient (Wildman–Crippen LogP) is 1.26. The number of hydrogen-bond donors (Lipinski definition) is 2. The zero-order valence-electron chi connectivity index (χ0n) is 8.51. The first-order chi connectivity index (χ1) is 7.22. The molecule has 1 heterocycles. The number of rotatable bonds is 2. The van der Waals surface area contributed by atoms with E-state index in [2.05, 4.69) is 5.10 Å². The predicted molar refractivity (Wildman–Crippen MR) is 58.6 cm³/mol. The second kappa shape index (κ2) is 3.74. The first-order valence-electron chi connectivity index (χ1n) is 4.72. The smallest absolute Gasteiger partial charge is 0.132 e. The van der Waals surface area contributed by atoms with Crippen LogP contribution in [0.3, 0.4) is 0 Å². The van der Waals surface area contributed by atoms with Crippen LogP contribution in [0.25, 0.3) is 5.69 Å². The maximum absolute atomic E-state index is 9.00. The highest BCUT2D eigenvalue weighted by molar-refractivity contribution is 5.47. The van der Waals surface area contributed by atoms with Crippen LogP contribution >= 0.6 is 0 Å². The molecule has 1 aromatic heterocycles. The number of aryl methyl sites for hydroxylation is 1. The van der Waals surface area contributed by atoms with Crippen molar-refractivity contribution in [1.82, 2.24) is 9.78 Å². The molecule has 3 N–H and O–H groups in total. The minimum absolute atomic E-state index is 0.0857. The summed E-state index contributed by atoms with van der Waals surface area (Å²) in [6.45, 7) is 1.92. The fourth-order valence-corrected chi connectivity index (χ4v) is 1.48. The van der Waals surface area contributed by atoms with Gasteiger partial charge in [0, 0.05) is 5.56 Å². The number of nitrogen functional groups attached to an aromatic ring is 1. The van der Waals surface area contributed by atoms with Crippen molar-refractivity contribution < 1.29 is 5.11 Å². The normalized spacial score (nSPS) is 10.5. The van der Waals surface area contributed by atoms with Gasteiger partial charge < -0.3 is 10.8 Å². The number of aliphatic hydroxyl groups excluding tert-OH is 1. The Labute approximate surface area is 88.0 Å². The van der Waals surface area contributed by atoms with Crippen molar-refractivity contribution in [3.05, 3.63) is 41.6 Å². The van der Waals surface area contributed by atoms with Crippen molar-refractivity contribution in [2.24, 2.45) is 0 Å². The molecule has 0 aliphatic carbocycles. The van der Waals surface area contributed by atoms with Crippen LogP contribution in [0.2, 0.25) is 0 Å². The highest BCUT2D eigenvalue weighted by Gasteiger charge is 2.07. The van der Waals surface area contributed by atoms with Gasteiger partial charge in [0.2, 0.25) is 0 Å². The van der Waals surface area contributed by atoms with E-state index in [0.717, 1.165) is 11.3 Å². The van der Waals surface area contributed by atoms with Crippen molar-refractivity contribution in [3.63, 3.8) is 0 Å². The van der Waals surface area contributed by atoms with Crippen LogP contribution in [-0.2, 0) is 6.61 Å². The molecule has 2 aromatic rings. The molecule has 78 valence electrons. The molecule has 2 rings (SSSR count). The third-order valence-electron chi connectivity index (χ3n) is 2.30. The molecule has 0 atom stereocenters. The van der Waals surface area contributed by atoms with E-state index in [1.807, 2.05) is 31.2 Å². The molecule has 0 aliphatic heterocycles. The molecule has 0 amide bonds. The summed E-state index contributed by atoms with van der Waals surface area (Å²) in [7, 11) is 0. The van der Waals surface area contributed by atoms with Gasteiger partial charge in [-0.25, -0.2) is 4.68 Å². The fraction of sp³-hybridized carbons (Fsp3) is 0.182. The highest BCUT2D eigenvalue weighted by atomic mass is 16.3. The van der Waals surface area contributed by atoms with Gasteiger partial charge in [-0.2, -0.15) is 5.10 Å². The van der Waals surface area contributed by atoms with E-state index in [0.29, 0.717) is 11.4 Å². The molecule has 0 unspecified atom stereocenters. The minimum atomic E-state index is -0.0857. The van der Waals surface area contributed by atoms with E-state index in [-0.39, 0.29) is 6.61 Å². The molecule has 0 fully saturated rings. The summed E-state index contributed by atoms with van der Waals surface area (Å²) < 4.78 is 1.62. The Balaban J connectivity index is 2.49. The summed E-state index contributed by atoms with van der Waals surface area (Å²) in [6, 6.07) is 7.88. The van der Waals surface area contributed by atoms with Crippen molar-refractivity contribution >= 4 is 5.82 Å². The first kappa shape index (κ1) is 9.73. The number of aliphatic hydroxyl groups is 1. The van der Waals surface area contributed by atoms with E-state index in [1.54, 1.807) is 10.9 Å². The monoisotopic (exact) mass is 203 g/mol. The Kier molecular flexibility index (Phi) is 2.43. The van der Waals surface area contributed by atoms with E-state index in [4.69, 9.17) is 10.8 Å². The van der Waals surface area contributed by atoms with Gasteiger partial charge in [-0.15, -0.1) is 0 Å². The maximum Gasteiger partial charge on any atom is 0.132 e. The summed E-state index contributed by atoms with van der Waals surface area (Å²) in [5.41, 5.74) is 8.54. The number of nitrogens with zero attached hydrogens (tertiary/aromatic N) is 2. The van der Waals surface area contributed by atoms with Crippen molar-refractivity contribution in [2.75, 3.05) is 5.73 Å². The molecule has 4 nitrogen and oxygen atoms in total. The fourth-order valence-electron chi connectivity index (χ4n) is 1.48. The van der Waals surface area contributed by atoms with E-state index in [1.165, 1.54) is 0 Å². The van der Waals surface area contributed by atoms with Crippen LogP contribution in [0.1, 0.15) is 11.1 Å². The quantitative estimate of drug-likeness (QED) is 0.772. The van der Waals surface area contributed by atoms with Gasteiger partial charge in [0.05, 0.1) is 18.5 Å². The topological polar surface area (TPSA) is 64.1 Å². The summed E-state index contributed by atoms with van der Waals surface area (Å²) in [5.74, 6) is 0.489. The lowest BCUT2D eigenvalue weighted by Crippen LogP contribution is -2.03. The van der Waals surface area contributed by atoms with Gasteiger partial charge >= 0.3 is 0 Å². The van der Waals surface area contributed by atoms with Crippen molar-refractivity contribution in [1.29, 1.82) is 0 Å². The molecule has 0 radical (unpaired) electrons. The third kappa shape index (κ3) is 1.71. The van der Waals surface area contributed by atoms with Crippen LogP contribution in [-0.4, -0.2) is 14.9 Å². The van der Waals surface area contributed by atoms with Crippen LogP contribution < -0.4 is 5.73 Å². The zero-order valence-corrected chi connectivity index (χ0v) is 8.51. The molecule has 0 spiro atoms. The second-order valence-electron chi connectivity index (χ2n) is 3.46. The van der Waals surface area contributed by atoms with Crippen LogP contribution in [0.4, 0.5) is 5.82 Å². The Morgan fingerprint density at radius 3 is 2.87 bits per heavy atom. The molecule has 15 heavy (non-hydrogen) atoms. The lowest BCUT2D eigenvalue weighted by molar-refractivity contribution is 0.282. The zero-order chi connectivity index (χ0) is 10.8. The Hall–Kier alpha value is -1.81. The van der Waals surface area contributed by atoms with Crippen molar-refractivity contribution in [3.8, 4) is 5.69 Å². The molecule has 0 aliphatic rings. The van der Waals surface area contributed by atoms with E-state index < -0.39 is 0 Å². The number of hydrogen-bond acceptors (Lipinski definition) is 3. The summed E-state index contributed by atoms with van der Waals surface area (Å²) in [6.07, 6.45) is 1.58. The lowest BCUT2D eigenvalue weighted by atomic mass is 10.2. The highest BCUT2D eigenvalue weighted by Crippen LogP contribution is 2.17. The van der Waals surface area contributed by atoms with Gasteiger partial charge in [-0.1, -0.05) is 12.1 Å². The molecule has 1 aromatic carbocycles. The molecular weight excluding hydrogens is 190 g/mol. The number of anilines is 1. The second-order valence-corrected chi connectivity index (χ2v) is 3.46. The average Bonchev–Trinajstić information content (AvgIpc) is 2.59. The number of aromatic nitrogens is 2. The molecule has 4 heteroatoms. The van der Waals surface area contributed by atoms with Crippen LogP contribution in [0, 0.1) is 6.92 Å². The summed E-state index contributed by atoms with van der Waals surface area (Å²) in [5, 5.41) is 13.1. The average molecular weight is 203 g/mol. The first-order valence-corrected chi connectivity index (χ1v) is 4.72. The van der Waals surface area contributed by atoms with E-state index >= 15 is 0 Å². The summed E-state index contributed by atoms with van der Waals surface area (Å²) >= 11 is 0. The van der Waals surface area contributed by atoms with Crippen LogP contribution in [0.5, 0.6) is 0 Å². The van der Waals surface area contributed by atoms with Crippen molar-refractivity contribution in [2.45, 2.75) is 13.5 Å². The standard InChI is InChI=1S/C11H13N3O/c1-8-3-2-4-10(5-8)14-11(12)9(7-15)6-13-14/h2-6,15H,7,12H2,1H3. The minimum Gasteiger partial charge on any atom is -0.391 e. The Morgan fingerprint density at radius 1 is 1.47 bits per heavy atom. The van der Waals surface area contributed by atoms with Crippen LogP contribution in [0.15, 0.2) is 30.5 Å². The van der Waals surface area contributed by atoms with Gasteiger partial charge in [0.25, 0.3) is 0 Å². The van der Waals surface area contributed by atoms with E-state index in [9.17, 15) is 0 Å².